The summed E-state index contributed by atoms with van der Waals surface area (Å²) in [6.45, 7) is 11.5. The number of carbonyl (C=O) groups excluding carboxylic acids is 4. The van der Waals surface area contributed by atoms with Gasteiger partial charge in [-0.2, -0.15) is 0 Å². The van der Waals surface area contributed by atoms with Crippen molar-refractivity contribution < 1.29 is 33.8 Å². The minimum Gasteiger partial charge on any atom is -0.480 e. The average Bonchev–Trinajstić information content (AvgIpc) is 3.35. The van der Waals surface area contributed by atoms with Crippen LogP contribution in [0, 0.1) is 5.41 Å². The first kappa shape index (κ1) is 36.5. The zero-order valence-corrected chi connectivity index (χ0v) is 28.2. The maximum Gasteiger partial charge on any atom is 0.418 e. The molecule has 3 unspecified atom stereocenters. The van der Waals surface area contributed by atoms with E-state index in [0.717, 1.165) is 24.2 Å². The first-order valence-electron chi connectivity index (χ1n) is 16.2. The monoisotopic (exact) mass is 641 g/mol. The van der Waals surface area contributed by atoms with Crippen molar-refractivity contribution in [2.24, 2.45) is 11.1 Å². The van der Waals surface area contributed by atoms with Gasteiger partial charge in [-0.25, -0.2) is 14.4 Å². The third-order valence-corrected chi connectivity index (χ3v) is 8.67. The van der Waals surface area contributed by atoms with E-state index in [0.29, 0.717) is 29.3 Å². The molecule has 2 heterocycles. The molecule has 0 spiro atoms. The number of hydrogen-bond acceptors (Lipinski definition) is 7. The van der Waals surface area contributed by atoms with Crippen LogP contribution in [0.15, 0.2) is 30.5 Å². The number of ether oxygens (including phenoxy) is 1. The SMILES string of the molecule is CCCCC(C(=O)O)N(C(=O)C(N)Cc1cn(C(=O)OC)c2ccccc12)C(=O)C(CC(C)(C)C)NC(=O)N1[C@H](C)CCC[C@@H]1C. The number of imide groups is 1. The minimum absolute atomic E-state index is 0.0358. The van der Waals surface area contributed by atoms with E-state index in [-0.39, 0.29) is 31.3 Å². The highest BCUT2D eigenvalue weighted by molar-refractivity contribution is 6.04. The minimum atomic E-state index is -1.48. The second-order valence-electron chi connectivity index (χ2n) is 13.7. The summed E-state index contributed by atoms with van der Waals surface area (Å²) in [4.78, 5) is 69.9. The lowest BCUT2D eigenvalue weighted by atomic mass is 9.87. The number of piperidine rings is 1. The molecule has 0 aliphatic carbocycles. The molecule has 0 bridgehead atoms. The van der Waals surface area contributed by atoms with E-state index in [1.165, 1.54) is 17.9 Å². The number of rotatable bonds is 11. The van der Waals surface area contributed by atoms with Crippen molar-refractivity contribution in [1.29, 1.82) is 0 Å². The highest BCUT2D eigenvalue weighted by atomic mass is 16.5. The number of aliphatic carboxylic acids is 1. The number of hydrogen-bond donors (Lipinski definition) is 3. The van der Waals surface area contributed by atoms with E-state index in [9.17, 15) is 29.1 Å². The molecule has 12 heteroatoms. The second-order valence-corrected chi connectivity index (χ2v) is 13.7. The number of carbonyl (C=O) groups is 5. The topological polar surface area (TPSA) is 164 Å². The molecule has 254 valence electrons. The second kappa shape index (κ2) is 15.6. The molecule has 0 saturated carbocycles. The first-order valence-corrected chi connectivity index (χ1v) is 16.2. The van der Waals surface area contributed by atoms with Gasteiger partial charge in [0.05, 0.1) is 18.7 Å². The van der Waals surface area contributed by atoms with Gasteiger partial charge in [-0.15, -0.1) is 0 Å². The van der Waals surface area contributed by atoms with Crippen molar-refractivity contribution in [2.75, 3.05) is 7.11 Å². The Kier molecular flexibility index (Phi) is 12.4. The molecule has 1 aromatic heterocycles. The molecule has 1 aliphatic rings. The summed E-state index contributed by atoms with van der Waals surface area (Å²) in [6.07, 6.45) is 4.79. The lowest BCUT2D eigenvalue weighted by Crippen LogP contribution is -2.62. The van der Waals surface area contributed by atoms with Crippen LogP contribution in [0.4, 0.5) is 9.59 Å². The Morgan fingerprint density at radius 3 is 2.28 bits per heavy atom. The predicted molar refractivity (Wildman–Crippen MR) is 175 cm³/mol. The number of fused-ring (bicyclic) bond motifs is 1. The number of amides is 4. The van der Waals surface area contributed by atoms with Gasteiger partial charge in [-0.1, -0.05) is 58.7 Å². The van der Waals surface area contributed by atoms with Crippen LogP contribution in [-0.4, -0.2) is 86.7 Å². The molecule has 1 saturated heterocycles. The summed E-state index contributed by atoms with van der Waals surface area (Å²) < 4.78 is 6.21. The van der Waals surface area contributed by atoms with Crippen molar-refractivity contribution in [3.05, 3.63) is 36.0 Å². The lowest BCUT2D eigenvalue weighted by molar-refractivity contribution is -0.160. The molecular formula is C34H51N5O7. The maximum atomic E-state index is 14.4. The fraction of sp³-hybridized carbons (Fsp3) is 0.618. The van der Waals surface area contributed by atoms with Gasteiger partial charge in [-0.3, -0.25) is 19.1 Å². The van der Waals surface area contributed by atoms with Crippen LogP contribution in [0.1, 0.15) is 92.1 Å². The van der Waals surface area contributed by atoms with Gasteiger partial charge in [0.15, 0.2) is 0 Å². The number of carboxylic acids is 1. The van der Waals surface area contributed by atoms with Gasteiger partial charge in [-0.05, 0) is 69.4 Å². The molecule has 2 aromatic rings. The Bertz CT molecular complexity index is 1400. The molecule has 4 N–H and O–H groups in total. The Hall–Kier alpha value is -3.93. The zero-order chi connectivity index (χ0) is 34.3. The van der Waals surface area contributed by atoms with Crippen molar-refractivity contribution >= 4 is 40.8 Å². The Morgan fingerprint density at radius 1 is 1.09 bits per heavy atom. The molecule has 4 amide bonds. The van der Waals surface area contributed by atoms with Gasteiger partial charge in [0.1, 0.15) is 12.1 Å². The Morgan fingerprint density at radius 2 is 1.72 bits per heavy atom. The standard InChI is InChI=1S/C34H51N5O7/c1-8-9-16-28(31(42)43)39(29(40)25(35)18-23-20-37(33(45)46-7)27-17-11-10-15-24(23)27)30(41)26(19-34(4,5)6)36-32(44)38-21(2)13-12-14-22(38)3/h10-11,15,17,20-22,25-26,28H,8-9,12-14,16,18-19,35H2,1-7H3,(H,36,44)(H,42,43)/t21-,22+,25?,26?,28?. The first-order chi connectivity index (χ1) is 21.6. The van der Waals surface area contributed by atoms with Crippen LogP contribution < -0.4 is 11.1 Å². The smallest absolute Gasteiger partial charge is 0.418 e. The maximum absolute atomic E-state index is 14.4. The van der Waals surface area contributed by atoms with Crippen LogP contribution >= 0.6 is 0 Å². The van der Waals surface area contributed by atoms with Gasteiger partial charge in [0.25, 0.3) is 5.91 Å². The summed E-state index contributed by atoms with van der Waals surface area (Å²) in [5.74, 6) is -3.00. The van der Waals surface area contributed by atoms with Gasteiger partial charge < -0.3 is 25.8 Å². The highest BCUT2D eigenvalue weighted by Crippen LogP contribution is 2.27. The molecule has 5 atom stereocenters. The fourth-order valence-electron chi connectivity index (χ4n) is 6.37. The highest BCUT2D eigenvalue weighted by Gasteiger charge is 2.42. The van der Waals surface area contributed by atoms with Crippen molar-refractivity contribution in [3.63, 3.8) is 0 Å². The number of nitrogens with two attached hydrogens (primary N) is 1. The number of para-hydroxylation sites is 1. The lowest BCUT2D eigenvalue weighted by Gasteiger charge is -2.41. The van der Waals surface area contributed by atoms with E-state index in [1.54, 1.807) is 29.2 Å². The number of nitrogens with zero attached hydrogens (tertiary/aromatic N) is 3. The average molecular weight is 642 g/mol. The number of nitrogens with one attached hydrogen (secondary N) is 1. The number of unbranched alkanes of at least 4 members (excludes halogenated alkanes) is 1. The summed E-state index contributed by atoms with van der Waals surface area (Å²) in [5.41, 5.74) is 7.14. The molecule has 0 radical (unpaired) electrons. The van der Waals surface area contributed by atoms with E-state index in [1.807, 2.05) is 41.5 Å². The third kappa shape index (κ3) is 8.65. The molecule has 1 aromatic carbocycles. The van der Waals surface area contributed by atoms with Crippen LogP contribution in [-0.2, 0) is 25.5 Å². The number of benzene rings is 1. The predicted octanol–water partition coefficient (Wildman–Crippen LogP) is 4.90. The number of methoxy groups -OCH3 is 1. The number of carboxylic acid groups (broad SMARTS) is 1. The number of likely N-dealkylation sites (tertiary alicyclic amines) is 1. The third-order valence-electron chi connectivity index (χ3n) is 8.67. The Labute approximate surface area is 271 Å². The molecular weight excluding hydrogens is 590 g/mol. The van der Waals surface area contributed by atoms with Crippen molar-refractivity contribution in [2.45, 2.75) is 123 Å². The number of aromatic nitrogens is 1. The van der Waals surface area contributed by atoms with Crippen molar-refractivity contribution in [3.8, 4) is 0 Å². The molecule has 1 fully saturated rings. The van der Waals surface area contributed by atoms with Crippen LogP contribution in [0.25, 0.3) is 10.9 Å². The Balaban J connectivity index is 2.02. The van der Waals surface area contributed by atoms with E-state index < -0.39 is 53.4 Å². The fourth-order valence-corrected chi connectivity index (χ4v) is 6.37. The number of urea groups is 1. The summed E-state index contributed by atoms with van der Waals surface area (Å²) >= 11 is 0. The summed E-state index contributed by atoms with van der Waals surface area (Å²) in [7, 11) is 1.26. The zero-order valence-electron chi connectivity index (χ0n) is 28.2. The van der Waals surface area contributed by atoms with E-state index in [4.69, 9.17) is 10.5 Å². The normalized spacial score (nSPS) is 18.8. The van der Waals surface area contributed by atoms with E-state index in [2.05, 4.69) is 5.32 Å². The van der Waals surface area contributed by atoms with E-state index >= 15 is 0 Å². The van der Waals surface area contributed by atoms with Crippen molar-refractivity contribution in [1.82, 2.24) is 19.7 Å². The van der Waals surface area contributed by atoms with Crippen LogP contribution in [0.5, 0.6) is 0 Å². The molecule has 46 heavy (non-hydrogen) atoms. The molecule has 12 nitrogen and oxygen atoms in total. The van der Waals surface area contributed by atoms with Gasteiger partial charge in [0, 0.05) is 23.7 Å². The molecule has 1 aliphatic heterocycles. The van der Waals surface area contributed by atoms with Gasteiger partial charge >= 0.3 is 18.1 Å². The summed E-state index contributed by atoms with van der Waals surface area (Å²) in [6, 6.07) is 2.59. The van der Waals surface area contributed by atoms with Crippen LogP contribution in [0.2, 0.25) is 0 Å². The van der Waals surface area contributed by atoms with Gasteiger partial charge in [0.2, 0.25) is 5.91 Å². The van der Waals surface area contributed by atoms with Crippen LogP contribution in [0.3, 0.4) is 0 Å². The summed E-state index contributed by atoms with van der Waals surface area (Å²) in [5, 5.41) is 13.8. The largest absolute Gasteiger partial charge is 0.480 e. The molecule has 3 rings (SSSR count). The quantitative estimate of drug-likeness (QED) is 0.312.